The first-order valence-electron chi connectivity index (χ1n) is 7.42. The molecule has 7 heteroatoms. The fourth-order valence-electron chi connectivity index (χ4n) is 3.10. The highest BCUT2D eigenvalue weighted by molar-refractivity contribution is 5.79. The molecule has 1 fully saturated rings. The van der Waals surface area contributed by atoms with Crippen LogP contribution >= 0.6 is 0 Å². The van der Waals surface area contributed by atoms with Crippen molar-refractivity contribution >= 4 is 16.9 Å². The SMILES string of the molecule is C[C@H]1CCCC[C@H]1Nc1c(C#N)cnn2cc([N+](=O)[O-])cc12. The zero-order valence-corrected chi connectivity index (χ0v) is 12.3. The van der Waals surface area contributed by atoms with Gasteiger partial charge in [0, 0.05) is 12.1 Å². The monoisotopic (exact) mass is 299 g/mol. The van der Waals surface area contributed by atoms with Crippen LogP contribution in [0, 0.1) is 27.4 Å². The first-order valence-corrected chi connectivity index (χ1v) is 7.42. The van der Waals surface area contributed by atoms with Crippen LogP contribution < -0.4 is 5.32 Å². The summed E-state index contributed by atoms with van der Waals surface area (Å²) in [6.45, 7) is 2.20. The van der Waals surface area contributed by atoms with Gasteiger partial charge < -0.3 is 5.32 Å². The van der Waals surface area contributed by atoms with Crippen molar-refractivity contribution in [1.29, 1.82) is 5.26 Å². The molecule has 1 N–H and O–H groups in total. The number of nitriles is 1. The second kappa shape index (κ2) is 5.64. The second-order valence-corrected chi connectivity index (χ2v) is 5.84. The lowest BCUT2D eigenvalue weighted by Gasteiger charge is -2.30. The average molecular weight is 299 g/mol. The van der Waals surface area contributed by atoms with Crippen LogP contribution in [0.2, 0.25) is 0 Å². The van der Waals surface area contributed by atoms with Gasteiger partial charge in [-0.25, -0.2) is 4.52 Å². The highest BCUT2D eigenvalue weighted by Gasteiger charge is 2.24. The van der Waals surface area contributed by atoms with Crippen molar-refractivity contribution in [2.75, 3.05) is 5.32 Å². The largest absolute Gasteiger partial charge is 0.379 e. The molecule has 0 spiro atoms. The lowest BCUT2D eigenvalue weighted by atomic mass is 9.85. The van der Waals surface area contributed by atoms with E-state index in [1.54, 1.807) is 0 Å². The predicted octanol–water partition coefficient (Wildman–Crippen LogP) is 3.10. The molecule has 0 saturated heterocycles. The maximum absolute atomic E-state index is 11.0. The molecule has 1 aliphatic rings. The molecule has 1 saturated carbocycles. The molecule has 0 aliphatic heterocycles. The summed E-state index contributed by atoms with van der Waals surface area (Å²) in [4.78, 5) is 10.5. The predicted molar refractivity (Wildman–Crippen MR) is 81.6 cm³/mol. The van der Waals surface area contributed by atoms with Crippen molar-refractivity contribution in [1.82, 2.24) is 9.61 Å². The van der Waals surface area contributed by atoms with E-state index in [-0.39, 0.29) is 11.7 Å². The zero-order chi connectivity index (χ0) is 15.7. The summed E-state index contributed by atoms with van der Waals surface area (Å²) in [5.41, 5.74) is 1.61. The van der Waals surface area contributed by atoms with E-state index < -0.39 is 4.92 Å². The second-order valence-electron chi connectivity index (χ2n) is 5.84. The van der Waals surface area contributed by atoms with Crippen LogP contribution in [0.5, 0.6) is 0 Å². The summed E-state index contributed by atoms with van der Waals surface area (Å²) < 4.78 is 1.45. The Morgan fingerprint density at radius 2 is 2.27 bits per heavy atom. The molecule has 114 valence electrons. The van der Waals surface area contributed by atoms with Crippen LogP contribution in [0.1, 0.15) is 38.2 Å². The van der Waals surface area contributed by atoms with E-state index in [4.69, 9.17) is 0 Å². The average Bonchev–Trinajstić information content (AvgIpc) is 2.94. The van der Waals surface area contributed by atoms with Gasteiger partial charge in [0.1, 0.15) is 12.3 Å². The third kappa shape index (κ3) is 2.48. The smallest absolute Gasteiger partial charge is 0.289 e. The quantitative estimate of drug-likeness (QED) is 0.694. The summed E-state index contributed by atoms with van der Waals surface area (Å²) in [5.74, 6) is 0.512. The van der Waals surface area contributed by atoms with Crippen molar-refractivity contribution in [2.24, 2.45) is 5.92 Å². The molecule has 2 aromatic rings. The molecule has 2 aromatic heterocycles. The highest BCUT2D eigenvalue weighted by atomic mass is 16.6. The Labute approximate surface area is 127 Å². The summed E-state index contributed by atoms with van der Waals surface area (Å²) in [6.07, 6.45) is 7.41. The molecule has 3 rings (SSSR count). The van der Waals surface area contributed by atoms with Gasteiger partial charge in [0.15, 0.2) is 0 Å². The van der Waals surface area contributed by atoms with Gasteiger partial charge in [-0.15, -0.1) is 0 Å². The maximum Gasteiger partial charge on any atom is 0.289 e. The van der Waals surface area contributed by atoms with Gasteiger partial charge in [0.2, 0.25) is 0 Å². The van der Waals surface area contributed by atoms with E-state index in [0.717, 1.165) is 19.3 Å². The minimum Gasteiger partial charge on any atom is -0.379 e. The van der Waals surface area contributed by atoms with Crippen LogP contribution in [0.4, 0.5) is 11.4 Å². The van der Waals surface area contributed by atoms with Crippen molar-refractivity contribution in [3.63, 3.8) is 0 Å². The van der Waals surface area contributed by atoms with E-state index in [0.29, 0.717) is 22.7 Å². The minimum absolute atomic E-state index is 0.0256. The van der Waals surface area contributed by atoms with E-state index in [1.807, 2.05) is 0 Å². The zero-order valence-electron chi connectivity index (χ0n) is 12.3. The molecule has 0 bridgehead atoms. The number of nitro groups is 1. The third-order valence-corrected chi connectivity index (χ3v) is 4.40. The standard InChI is InChI=1S/C15H17N5O2/c1-10-4-2-3-5-13(10)18-15-11(7-16)8-17-19-9-12(20(21)22)6-14(15)19/h6,8-10,13,18H,2-5H2,1H3/t10-,13+/m0/s1. The molecule has 2 heterocycles. The van der Waals surface area contributed by atoms with Crippen molar-refractivity contribution in [3.05, 3.63) is 34.1 Å². The van der Waals surface area contributed by atoms with Gasteiger partial charge in [0.25, 0.3) is 5.69 Å². The van der Waals surface area contributed by atoms with E-state index in [1.165, 1.54) is 29.4 Å². The van der Waals surface area contributed by atoms with Crippen LogP contribution in [0.15, 0.2) is 18.5 Å². The van der Waals surface area contributed by atoms with Gasteiger partial charge in [-0.1, -0.05) is 19.8 Å². The molecule has 7 nitrogen and oxygen atoms in total. The number of hydrogen-bond acceptors (Lipinski definition) is 5. The molecule has 0 amide bonds. The van der Waals surface area contributed by atoms with Crippen molar-refractivity contribution in [2.45, 2.75) is 38.6 Å². The van der Waals surface area contributed by atoms with Gasteiger partial charge >= 0.3 is 0 Å². The van der Waals surface area contributed by atoms with E-state index in [2.05, 4.69) is 23.4 Å². The lowest BCUT2D eigenvalue weighted by molar-refractivity contribution is -0.384. The summed E-state index contributed by atoms with van der Waals surface area (Å²) >= 11 is 0. The van der Waals surface area contributed by atoms with Crippen LogP contribution in [0.3, 0.4) is 0 Å². The molecule has 0 aromatic carbocycles. The molecule has 1 aliphatic carbocycles. The minimum atomic E-state index is -0.451. The fourth-order valence-corrected chi connectivity index (χ4v) is 3.10. The highest BCUT2D eigenvalue weighted by Crippen LogP contribution is 2.31. The summed E-state index contributed by atoms with van der Waals surface area (Å²) in [5, 5.41) is 27.8. The van der Waals surface area contributed by atoms with Gasteiger partial charge in [-0.3, -0.25) is 10.1 Å². The number of aromatic nitrogens is 2. The first-order chi connectivity index (χ1) is 10.6. The van der Waals surface area contributed by atoms with Crippen LogP contribution in [-0.2, 0) is 0 Å². The lowest BCUT2D eigenvalue weighted by Crippen LogP contribution is -2.30. The van der Waals surface area contributed by atoms with Crippen LogP contribution in [-0.4, -0.2) is 20.6 Å². The van der Waals surface area contributed by atoms with E-state index >= 15 is 0 Å². The topological polar surface area (TPSA) is 96.3 Å². The Morgan fingerprint density at radius 1 is 1.50 bits per heavy atom. The van der Waals surface area contributed by atoms with Crippen molar-refractivity contribution in [3.8, 4) is 6.07 Å². The fraction of sp³-hybridized carbons (Fsp3) is 0.467. The molecule has 0 unspecified atom stereocenters. The maximum atomic E-state index is 11.0. The normalized spacial score (nSPS) is 21.5. The molecule has 22 heavy (non-hydrogen) atoms. The van der Waals surface area contributed by atoms with E-state index in [9.17, 15) is 15.4 Å². The summed E-state index contributed by atoms with van der Waals surface area (Å²) in [7, 11) is 0. The number of nitrogens with one attached hydrogen (secondary N) is 1. The van der Waals surface area contributed by atoms with Crippen molar-refractivity contribution < 1.29 is 4.92 Å². The van der Waals surface area contributed by atoms with Gasteiger partial charge in [-0.2, -0.15) is 10.4 Å². The Hall–Kier alpha value is -2.62. The Kier molecular flexibility index (Phi) is 3.67. The Balaban J connectivity index is 2.05. The molecule has 0 radical (unpaired) electrons. The number of rotatable bonds is 3. The van der Waals surface area contributed by atoms with Gasteiger partial charge in [0.05, 0.1) is 27.9 Å². The Morgan fingerprint density at radius 3 is 2.95 bits per heavy atom. The molecular weight excluding hydrogens is 282 g/mol. The number of nitrogens with zero attached hydrogens (tertiary/aromatic N) is 4. The number of fused-ring (bicyclic) bond motifs is 1. The molecular formula is C15H17N5O2. The van der Waals surface area contributed by atoms with Crippen LogP contribution in [0.25, 0.3) is 5.52 Å². The number of anilines is 1. The van der Waals surface area contributed by atoms with Gasteiger partial charge in [-0.05, 0) is 18.8 Å². The Bertz CT molecular complexity index is 761. The third-order valence-electron chi connectivity index (χ3n) is 4.40. The summed E-state index contributed by atoms with van der Waals surface area (Å²) in [6, 6.07) is 3.86. The first kappa shape index (κ1) is 14.3. The molecule has 2 atom stereocenters. The number of hydrogen-bond donors (Lipinski definition) is 1.